The average Bonchev–Trinajstić information content (AvgIpc) is 3.09. The van der Waals surface area contributed by atoms with Gasteiger partial charge in [-0.05, 0) is 36.8 Å². The zero-order valence-corrected chi connectivity index (χ0v) is 15.6. The normalized spacial score (nSPS) is 13.0. The largest absolute Gasteiger partial charge is 0.382 e. The highest BCUT2D eigenvalue weighted by Gasteiger charge is 2.26. The molecular weight excluding hydrogens is 358 g/mol. The van der Waals surface area contributed by atoms with E-state index in [4.69, 9.17) is 0 Å². The summed E-state index contributed by atoms with van der Waals surface area (Å²) in [5, 5.41) is 11.7. The molecule has 0 radical (unpaired) electrons. The third kappa shape index (κ3) is 3.05. The summed E-state index contributed by atoms with van der Waals surface area (Å²) in [4.78, 5) is 0.191. The lowest BCUT2D eigenvalue weighted by Crippen LogP contribution is -2.18. The predicted octanol–water partition coefficient (Wildman–Crippen LogP) is 4.27. The van der Waals surface area contributed by atoms with Crippen molar-refractivity contribution in [2.45, 2.75) is 17.9 Å². The van der Waals surface area contributed by atoms with Crippen LogP contribution in [0.15, 0.2) is 89.8 Å². The van der Waals surface area contributed by atoms with Crippen LogP contribution in [0.2, 0.25) is 0 Å². The van der Waals surface area contributed by atoms with E-state index in [1.807, 2.05) is 37.3 Å². The molecule has 1 heterocycles. The monoisotopic (exact) mass is 377 g/mol. The fourth-order valence-electron chi connectivity index (χ4n) is 3.23. The number of nitrogens with zero attached hydrogens (tertiary/aromatic N) is 1. The molecule has 0 aliphatic rings. The first-order valence-electron chi connectivity index (χ1n) is 8.64. The van der Waals surface area contributed by atoms with Gasteiger partial charge in [0.2, 0.25) is 0 Å². The maximum absolute atomic E-state index is 13.4. The third-order valence-corrected chi connectivity index (χ3v) is 6.40. The van der Waals surface area contributed by atoms with Gasteiger partial charge in [0.15, 0.2) is 0 Å². The molecule has 1 unspecified atom stereocenters. The van der Waals surface area contributed by atoms with E-state index in [1.54, 1.807) is 54.6 Å². The van der Waals surface area contributed by atoms with Gasteiger partial charge >= 0.3 is 0 Å². The van der Waals surface area contributed by atoms with Gasteiger partial charge in [0, 0.05) is 5.39 Å². The van der Waals surface area contributed by atoms with E-state index >= 15 is 0 Å². The highest BCUT2D eigenvalue weighted by atomic mass is 32.2. The minimum atomic E-state index is -3.87. The second-order valence-electron chi connectivity index (χ2n) is 6.52. The molecule has 0 saturated heterocycles. The Morgan fingerprint density at radius 3 is 2.19 bits per heavy atom. The van der Waals surface area contributed by atoms with Gasteiger partial charge in [-0.15, -0.1) is 0 Å². The number of aromatic nitrogens is 1. The smallest absolute Gasteiger partial charge is 0.268 e. The number of aryl methyl sites for hydroxylation is 1. The average molecular weight is 377 g/mol. The number of hydrogen-bond acceptors (Lipinski definition) is 3. The number of aliphatic hydroxyl groups excluding tert-OH is 1. The number of fused-ring (bicyclic) bond motifs is 1. The summed E-state index contributed by atoms with van der Waals surface area (Å²) in [7, 11) is -3.87. The Labute approximate surface area is 158 Å². The molecular formula is C22H19NO3S. The summed E-state index contributed by atoms with van der Waals surface area (Å²) in [5.74, 6) is 0. The molecule has 1 N–H and O–H groups in total. The molecule has 4 rings (SSSR count). The van der Waals surface area contributed by atoms with Crippen LogP contribution in [0, 0.1) is 6.92 Å². The van der Waals surface area contributed by atoms with Gasteiger partial charge in [-0.3, -0.25) is 0 Å². The summed E-state index contributed by atoms with van der Waals surface area (Å²) >= 11 is 0. The molecule has 3 aromatic carbocycles. The molecule has 136 valence electrons. The highest BCUT2D eigenvalue weighted by Crippen LogP contribution is 2.32. The first-order chi connectivity index (χ1) is 13.0. The van der Waals surface area contributed by atoms with Crippen molar-refractivity contribution in [3.8, 4) is 0 Å². The zero-order valence-electron chi connectivity index (χ0n) is 14.8. The molecule has 0 amide bonds. The quantitative estimate of drug-likeness (QED) is 0.578. The number of hydrogen-bond donors (Lipinski definition) is 1. The first-order valence-corrected chi connectivity index (χ1v) is 10.1. The van der Waals surface area contributed by atoms with Gasteiger partial charge < -0.3 is 5.11 Å². The summed E-state index contributed by atoms with van der Waals surface area (Å²) < 4.78 is 28.1. The minimum Gasteiger partial charge on any atom is -0.382 e. The van der Waals surface area contributed by atoms with Crippen molar-refractivity contribution in [3.63, 3.8) is 0 Å². The Morgan fingerprint density at radius 1 is 0.852 bits per heavy atom. The molecule has 27 heavy (non-hydrogen) atoms. The fourth-order valence-corrected chi connectivity index (χ4v) is 4.78. The summed E-state index contributed by atoms with van der Waals surface area (Å²) in [6.45, 7) is 1.91. The Balaban J connectivity index is 1.97. The summed E-state index contributed by atoms with van der Waals surface area (Å²) in [6, 6.07) is 24.8. The van der Waals surface area contributed by atoms with Crippen LogP contribution in [0.1, 0.15) is 22.9 Å². The molecule has 4 aromatic rings. The molecule has 0 aliphatic heterocycles. The predicted molar refractivity (Wildman–Crippen MR) is 106 cm³/mol. The van der Waals surface area contributed by atoms with Gasteiger partial charge in [0.1, 0.15) is 6.10 Å². The second-order valence-corrected chi connectivity index (χ2v) is 8.31. The Hall–Kier alpha value is -2.89. The van der Waals surface area contributed by atoms with Crippen LogP contribution in [-0.2, 0) is 10.0 Å². The minimum absolute atomic E-state index is 0.191. The lowest BCUT2D eigenvalue weighted by atomic mass is 10.1. The van der Waals surface area contributed by atoms with Crippen molar-refractivity contribution in [2.24, 2.45) is 0 Å². The molecule has 1 atom stereocenters. The maximum atomic E-state index is 13.4. The van der Waals surface area contributed by atoms with E-state index in [1.165, 1.54) is 3.97 Å². The number of para-hydroxylation sites is 1. The van der Waals surface area contributed by atoms with Gasteiger partial charge in [0.25, 0.3) is 10.0 Å². The van der Waals surface area contributed by atoms with Crippen molar-refractivity contribution < 1.29 is 13.5 Å². The Morgan fingerprint density at radius 2 is 1.48 bits per heavy atom. The number of rotatable bonds is 4. The van der Waals surface area contributed by atoms with Crippen molar-refractivity contribution in [2.75, 3.05) is 0 Å². The van der Waals surface area contributed by atoms with Crippen LogP contribution < -0.4 is 0 Å². The van der Waals surface area contributed by atoms with Crippen molar-refractivity contribution in [3.05, 3.63) is 102 Å². The Kier molecular flexibility index (Phi) is 4.34. The molecule has 1 aromatic heterocycles. The zero-order chi connectivity index (χ0) is 19.0. The molecule has 0 saturated carbocycles. The highest BCUT2D eigenvalue weighted by molar-refractivity contribution is 7.90. The topological polar surface area (TPSA) is 59.3 Å². The Bertz CT molecular complexity index is 1190. The molecule has 0 spiro atoms. The van der Waals surface area contributed by atoms with Crippen molar-refractivity contribution in [1.82, 2.24) is 3.97 Å². The first kappa shape index (κ1) is 17.5. The summed E-state index contributed by atoms with van der Waals surface area (Å²) in [5.41, 5.74) is 2.49. The van der Waals surface area contributed by atoms with Gasteiger partial charge in [-0.2, -0.15) is 0 Å². The van der Waals surface area contributed by atoms with Crippen LogP contribution in [-0.4, -0.2) is 17.5 Å². The van der Waals surface area contributed by atoms with E-state index in [0.717, 1.165) is 10.9 Å². The maximum Gasteiger partial charge on any atom is 0.268 e. The molecule has 0 fully saturated rings. The standard InChI is InChI=1S/C22H19NO3S/c1-16-11-13-19(14-12-16)27(25,26)23-20-10-6-5-9-18(20)15-21(23)22(24)17-7-3-2-4-8-17/h2-15,22,24H,1H3. The van der Waals surface area contributed by atoms with Crippen molar-refractivity contribution in [1.29, 1.82) is 0 Å². The van der Waals surface area contributed by atoms with Gasteiger partial charge in [-0.1, -0.05) is 66.2 Å². The van der Waals surface area contributed by atoms with Crippen molar-refractivity contribution >= 4 is 20.9 Å². The fraction of sp³-hybridized carbons (Fsp3) is 0.0909. The number of aliphatic hydroxyl groups is 1. The van der Waals surface area contributed by atoms with E-state index in [9.17, 15) is 13.5 Å². The van der Waals surface area contributed by atoms with Crippen LogP contribution in [0.3, 0.4) is 0 Å². The van der Waals surface area contributed by atoms with E-state index in [0.29, 0.717) is 16.8 Å². The second kappa shape index (κ2) is 6.68. The van der Waals surface area contributed by atoms with E-state index in [-0.39, 0.29) is 4.90 Å². The third-order valence-electron chi connectivity index (χ3n) is 4.65. The van der Waals surface area contributed by atoms with Gasteiger partial charge in [-0.25, -0.2) is 12.4 Å². The van der Waals surface area contributed by atoms with Crippen LogP contribution in [0.25, 0.3) is 10.9 Å². The molecule has 5 heteroatoms. The van der Waals surface area contributed by atoms with Gasteiger partial charge in [0.05, 0.1) is 16.1 Å². The van der Waals surface area contributed by atoms with Crippen LogP contribution in [0.5, 0.6) is 0 Å². The molecule has 4 nitrogen and oxygen atoms in total. The summed E-state index contributed by atoms with van der Waals surface area (Å²) in [6.07, 6.45) is -1.06. The SMILES string of the molecule is Cc1ccc(S(=O)(=O)n2c(C(O)c3ccccc3)cc3ccccc32)cc1. The molecule has 0 aliphatic carbocycles. The lowest BCUT2D eigenvalue weighted by Gasteiger charge is -2.16. The van der Waals surface area contributed by atoms with E-state index in [2.05, 4.69) is 0 Å². The number of benzene rings is 3. The lowest BCUT2D eigenvalue weighted by molar-refractivity contribution is 0.214. The van der Waals surface area contributed by atoms with Crippen LogP contribution in [0.4, 0.5) is 0 Å². The molecule has 0 bridgehead atoms. The van der Waals surface area contributed by atoms with Crippen LogP contribution >= 0.6 is 0 Å². The van der Waals surface area contributed by atoms with E-state index < -0.39 is 16.1 Å².